The summed E-state index contributed by atoms with van der Waals surface area (Å²) in [5.41, 5.74) is 0.928. The van der Waals surface area contributed by atoms with E-state index < -0.39 is 0 Å². The zero-order valence-corrected chi connectivity index (χ0v) is 13.0. The van der Waals surface area contributed by atoms with Gasteiger partial charge in [0, 0.05) is 17.7 Å². The van der Waals surface area contributed by atoms with Crippen LogP contribution in [0, 0.1) is 5.82 Å². The number of nitrogens with zero attached hydrogens (tertiary/aromatic N) is 2. The molecule has 1 unspecified atom stereocenters. The van der Waals surface area contributed by atoms with Gasteiger partial charge in [0.05, 0.1) is 23.0 Å². The Morgan fingerprint density at radius 3 is 2.80 bits per heavy atom. The summed E-state index contributed by atoms with van der Waals surface area (Å²) in [6, 6.07) is 6.82. The minimum absolute atomic E-state index is 0.0320. The summed E-state index contributed by atoms with van der Waals surface area (Å²) in [5.74, 6) is 0.498. The minimum Gasteiger partial charge on any atom is -0.308 e. The van der Waals surface area contributed by atoms with Crippen molar-refractivity contribution in [2.45, 2.75) is 17.9 Å². The van der Waals surface area contributed by atoms with Gasteiger partial charge in [0.2, 0.25) is 0 Å². The Balaban J connectivity index is 2.13. The molecule has 0 aliphatic rings. The van der Waals surface area contributed by atoms with Crippen molar-refractivity contribution < 1.29 is 4.39 Å². The summed E-state index contributed by atoms with van der Waals surface area (Å²) in [6.07, 6.45) is 1.63. The number of thioether (sulfide) groups is 1. The summed E-state index contributed by atoms with van der Waals surface area (Å²) in [4.78, 5) is 0.647. The van der Waals surface area contributed by atoms with Crippen molar-refractivity contribution in [2.75, 3.05) is 12.3 Å². The molecule has 1 aromatic heterocycles. The standard InChI is InChI=1S/C14H17ClFN3S/c1-3-17-12(14-10(15)8-18-19(14)2)9-20-13-7-5-4-6-11(13)16/h4-8,12,17H,3,9H2,1-2H3. The lowest BCUT2D eigenvalue weighted by atomic mass is 10.2. The average Bonchev–Trinajstić information content (AvgIpc) is 2.76. The van der Waals surface area contributed by atoms with Crippen LogP contribution in [0.15, 0.2) is 35.4 Å². The zero-order valence-electron chi connectivity index (χ0n) is 11.4. The summed E-state index contributed by atoms with van der Waals surface area (Å²) in [6.45, 7) is 2.84. The van der Waals surface area contributed by atoms with Crippen molar-refractivity contribution in [3.8, 4) is 0 Å². The first-order valence-electron chi connectivity index (χ1n) is 6.41. The third-order valence-electron chi connectivity index (χ3n) is 2.96. The van der Waals surface area contributed by atoms with Gasteiger partial charge in [-0.25, -0.2) is 4.39 Å². The Morgan fingerprint density at radius 1 is 1.45 bits per heavy atom. The van der Waals surface area contributed by atoms with E-state index in [0.717, 1.165) is 12.2 Å². The molecular formula is C14H17ClFN3S. The second-order valence-corrected chi connectivity index (χ2v) is 5.82. The van der Waals surface area contributed by atoms with Crippen LogP contribution in [0.5, 0.6) is 0 Å². The van der Waals surface area contributed by atoms with Crippen LogP contribution < -0.4 is 5.32 Å². The van der Waals surface area contributed by atoms with E-state index in [1.807, 2.05) is 20.0 Å². The van der Waals surface area contributed by atoms with Crippen molar-refractivity contribution in [3.05, 3.63) is 47.0 Å². The lowest BCUT2D eigenvalue weighted by molar-refractivity contribution is 0.552. The quantitative estimate of drug-likeness (QED) is 0.826. The van der Waals surface area contributed by atoms with Gasteiger partial charge < -0.3 is 5.32 Å². The van der Waals surface area contributed by atoms with Crippen molar-refractivity contribution in [3.63, 3.8) is 0 Å². The van der Waals surface area contributed by atoms with Crippen LogP contribution in [-0.4, -0.2) is 22.1 Å². The smallest absolute Gasteiger partial charge is 0.136 e. The second kappa shape index (κ2) is 7.11. The van der Waals surface area contributed by atoms with E-state index in [1.54, 1.807) is 23.0 Å². The van der Waals surface area contributed by atoms with Crippen molar-refractivity contribution in [1.82, 2.24) is 15.1 Å². The number of halogens is 2. The zero-order chi connectivity index (χ0) is 14.5. The fourth-order valence-corrected chi connectivity index (χ4v) is 3.33. The molecular weight excluding hydrogens is 297 g/mol. The molecule has 2 rings (SSSR count). The van der Waals surface area contributed by atoms with Crippen molar-refractivity contribution in [1.29, 1.82) is 0 Å². The molecule has 2 aromatic rings. The normalized spacial score (nSPS) is 12.6. The van der Waals surface area contributed by atoms with Crippen molar-refractivity contribution in [2.24, 2.45) is 7.05 Å². The maximum Gasteiger partial charge on any atom is 0.136 e. The Labute approximate surface area is 127 Å². The first-order valence-corrected chi connectivity index (χ1v) is 7.78. The van der Waals surface area contributed by atoms with Crippen LogP contribution in [0.3, 0.4) is 0 Å². The lowest BCUT2D eigenvalue weighted by Crippen LogP contribution is -2.25. The molecule has 6 heteroatoms. The van der Waals surface area contributed by atoms with Crippen LogP contribution in [0.25, 0.3) is 0 Å². The van der Waals surface area contributed by atoms with Gasteiger partial charge in [-0.1, -0.05) is 30.7 Å². The molecule has 0 aliphatic carbocycles. The predicted octanol–water partition coefficient (Wildman–Crippen LogP) is 3.66. The number of benzene rings is 1. The number of hydrogen-bond donors (Lipinski definition) is 1. The minimum atomic E-state index is -0.191. The molecule has 1 atom stereocenters. The molecule has 20 heavy (non-hydrogen) atoms. The average molecular weight is 314 g/mol. The van der Waals surface area contributed by atoms with Gasteiger partial charge in [0.15, 0.2) is 0 Å². The molecule has 3 nitrogen and oxygen atoms in total. The summed E-state index contributed by atoms with van der Waals surface area (Å²) < 4.78 is 15.4. The van der Waals surface area contributed by atoms with Crippen LogP contribution in [0.2, 0.25) is 5.02 Å². The maximum atomic E-state index is 13.6. The fraction of sp³-hybridized carbons (Fsp3) is 0.357. The van der Waals surface area contributed by atoms with Crippen LogP contribution in [0.1, 0.15) is 18.7 Å². The molecule has 0 aliphatic heterocycles. The highest BCUT2D eigenvalue weighted by Gasteiger charge is 2.19. The molecule has 1 N–H and O–H groups in total. The van der Waals surface area contributed by atoms with E-state index >= 15 is 0 Å². The fourth-order valence-electron chi connectivity index (χ4n) is 2.03. The first kappa shape index (κ1) is 15.4. The third-order valence-corrected chi connectivity index (χ3v) is 4.39. The Kier molecular flexibility index (Phi) is 5.46. The summed E-state index contributed by atoms with van der Waals surface area (Å²) in [5, 5.41) is 8.15. The van der Waals surface area contributed by atoms with Gasteiger partial charge in [0.25, 0.3) is 0 Å². The molecule has 0 radical (unpaired) electrons. The van der Waals surface area contributed by atoms with Crippen LogP contribution in [-0.2, 0) is 7.05 Å². The SMILES string of the molecule is CCNC(CSc1ccccc1F)c1c(Cl)cnn1C. The van der Waals surface area contributed by atoms with E-state index in [1.165, 1.54) is 17.8 Å². The molecule has 0 spiro atoms. The highest BCUT2D eigenvalue weighted by atomic mass is 35.5. The van der Waals surface area contributed by atoms with E-state index in [4.69, 9.17) is 11.6 Å². The van der Waals surface area contributed by atoms with Crippen LogP contribution in [0.4, 0.5) is 4.39 Å². The third kappa shape index (κ3) is 3.53. The van der Waals surface area contributed by atoms with Gasteiger partial charge in [0.1, 0.15) is 5.82 Å². The lowest BCUT2D eigenvalue weighted by Gasteiger charge is -2.18. The Morgan fingerprint density at radius 2 is 2.20 bits per heavy atom. The van der Waals surface area contributed by atoms with Gasteiger partial charge in [-0.3, -0.25) is 4.68 Å². The molecule has 0 fully saturated rings. The predicted molar refractivity (Wildman–Crippen MR) is 81.8 cm³/mol. The number of aromatic nitrogens is 2. The van der Waals surface area contributed by atoms with E-state index in [2.05, 4.69) is 10.4 Å². The molecule has 0 amide bonds. The molecule has 0 saturated heterocycles. The highest BCUT2D eigenvalue weighted by Crippen LogP contribution is 2.29. The van der Waals surface area contributed by atoms with Crippen LogP contribution >= 0.6 is 23.4 Å². The molecule has 1 heterocycles. The Bertz CT molecular complexity index is 554. The molecule has 0 saturated carbocycles. The molecule has 1 aromatic carbocycles. The number of rotatable bonds is 6. The molecule has 0 bridgehead atoms. The summed E-state index contributed by atoms with van der Waals surface area (Å²) in [7, 11) is 1.86. The van der Waals surface area contributed by atoms with Gasteiger partial charge in [-0.15, -0.1) is 11.8 Å². The largest absolute Gasteiger partial charge is 0.308 e. The monoisotopic (exact) mass is 313 g/mol. The Hall–Kier alpha value is -1.04. The summed E-state index contributed by atoms with van der Waals surface area (Å²) >= 11 is 7.66. The number of hydrogen-bond acceptors (Lipinski definition) is 3. The van der Waals surface area contributed by atoms with E-state index in [-0.39, 0.29) is 11.9 Å². The number of aryl methyl sites for hydroxylation is 1. The van der Waals surface area contributed by atoms with E-state index in [9.17, 15) is 4.39 Å². The van der Waals surface area contributed by atoms with E-state index in [0.29, 0.717) is 15.7 Å². The maximum absolute atomic E-state index is 13.6. The second-order valence-electron chi connectivity index (χ2n) is 4.35. The molecule has 108 valence electrons. The van der Waals surface area contributed by atoms with Crippen molar-refractivity contribution >= 4 is 23.4 Å². The van der Waals surface area contributed by atoms with Gasteiger partial charge >= 0.3 is 0 Å². The van der Waals surface area contributed by atoms with Gasteiger partial charge in [-0.2, -0.15) is 5.10 Å². The topological polar surface area (TPSA) is 29.9 Å². The number of nitrogens with one attached hydrogen (secondary N) is 1. The van der Waals surface area contributed by atoms with Gasteiger partial charge in [-0.05, 0) is 18.7 Å². The first-order chi connectivity index (χ1) is 9.63. The highest BCUT2D eigenvalue weighted by molar-refractivity contribution is 7.99.